The average molecular weight is 399 g/mol. The molecule has 1 heterocycles. The van der Waals surface area contributed by atoms with Gasteiger partial charge in [0, 0.05) is 30.4 Å². The van der Waals surface area contributed by atoms with Crippen LogP contribution in [0.2, 0.25) is 0 Å². The number of anilines is 2. The first-order valence-electron chi connectivity index (χ1n) is 9.33. The summed E-state index contributed by atoms with van der Waals surface area (Å²) in [7, 11) is 3.13. The van der Waals surface area contributed by atoms with Crippen LogP contribution in [-0.4, -0.2) is 63.8 Å². The number of carbonyl (C=O) groups excluding carboxylic acids is 2. The Labute approximate surface area is 169 Å². The fourth-order valence-corrected chi connectivity index (χ4v) is 3.01. The molecule has 2 N–H and O–H groups in total. The molecule has 3 rings (SSSR count). The van der Waals surface area contributed by atoms with E-state index in [-0.39, 0.29) is 18.4 Å². The zero-order chi connectivity index (χ0) is 20.6. The normalized spacial score (nSPS) is 13.5. The van der Waals surface area contributed by atoms with Gasteiger partial charge in [-0.2, -0.15) is 0 Å². The number of amides is 2. The van der Waals surface area contributed by atoms with Gasteiger partial charge in [0.05, 0.1) is 39.7 Å². The molecule has 1 saturated heterocycles. The minimum Gasteiger partial charge on any atom is -0.497 e. The summed E-state index contributed by atoms with van der Waals surface area (Å²) in [6.07, 6.45) is 0. The first-order chi connectivity index (χ1) is 14.1. The third-order valence-electron chi connectivity index (χ3n) is 4.54. The number of hydrogen-bond acceptors (Lipinski definition) is 6. The van der Waals surface area contributed by atoms with Gasteiger partial charge in [0.25, 0.3) is 5.91 Å². The lowest BCUT2D eigenvalue weighted by Gasteiger charge is -2.27. The number of hydrogen-bond donors (Lipinski definition) is 2. The lowest BCUT2D eigenvalue weighted by Crippen LogP contribution is -2.40. The van der Waals surface area contributed by atoms with Crippen molar-refractivity contribution in [2.24, 2.45) is 0 Å². The maximum absolute atomic E-state index is 12.6. The fraction of sp³-hybridized carbons (Fsp3) is 0.333. The average Bonchev–Trinajstić information content (AvgIpc) is 2.77. The van der Waals surface area contributed by atoms with Crippen LogP contribution in [0.3, 0.4) is 0 Å². The number of rotatable bonds is 7. The van der Waals surface area contributed by atoms with Crippen LogP contribution in [0.5, 0.6) is 11.5 Å². The smallest absolute Gasteiger partial charge is 0.254 e. The molecule has 0 aromatic heterocycles. The summed E-state index contributed by atoms with van der Waals surface area (Å²) in [5.74, 6) is 0.953. The maximum Gasteiger partial charge on any atom is 0.254 e. The minimum atomic E-state index is -0.245. The predicted octanol–water partition coefficient (Wildman–Crippen LogP) is 2.23. The summed E-state index contributed by atoms with van der Waals surface area (Å²) in [5, 5.41) is 5.85. The highest BCUT2D eigenvalue weighted by Crippen LogP contribution is 2.28. The molecule has 0 bridgehead atoms. The molecule has 1 aliphatic heterocycles. The number of nitrogens with zero attached hydrogens (tertiary/aromatic N) is 1. The minimum absolute atomic E-state index is 0.0329. The molecule has 1 fully saturated rings. The van der Waals surface area contributed by atoms with Gasteiger partial charge >= 0.3 is 0 Å². The summed E-state index contributed by atoms with van der Waals surface area (Å²) in [5.41, 5.74) is 1.75. The number of ether oxygens (including phenoxy) is 3. The van der Waals surface area contributed by atoms with E-state index in [0.29, 0.717) is 54.7 Å². The van der Waals surface area contributed by atoms with Crippen LogP contribution in [0, 0.1) is 0 Å². The van der Waals surface area contributed by atoms with E-state index in [0.717, 1.165) is 0 Å². The van der Waals surface area contributed by atoms with Crippen LogP contribution < -0.4 is 20.1 Å². The highest BCUT2D eigenvalue weighted by molar-refractivity contribution is 5.98. The maximum atomic E-state index is 12.6. The molecule has 2 amide bonds. The van der Waals surface area contributed by atoms with Crippen LogP contribution in [-0.2, 0) is 9.53 Å². The lowest BCUT2D eigenvalue weighted by molar-refractivity contribution is -0.114. The Morgan fingerprint density at radius 3 is 2.59 bits per heavy atom. The van der Waals surface area contributed by atoms with Crippen LogP contribution in [0.15, 0.2) is 42.5 Å². The van der Waals surface area contributed by atoms with Crippen molar-refractivity contribution in [2.75, 3.05) is 57.7 Å². The summed E-state index contributed by atoms with van der Waals surface area (Å²) in [6, 6.07) is 12.2. The molecule has 0 aliphatic carbocycles. The van der Waals surface area contributed by atoms with Crippen molar-refractivity contribution in [3.05, 3.63) is 48.0 Å². The van der Waals surface area contributed by atoms with E-state index >= 15 is 0 Å². The van der Waals surface area contributed by atoms with E-state index in [1.54, 1.807) is 61.6 Å². The zero-order valence-corrected chi connectivity index (χ0v) is 16.6. The van der Waals surface area contributed by atoms with Crippen molar-refractivity contribution >= 4 is 23.2 Å². The van der Waals surface area contributed by atoms with Gasteiger partial charge in [-0.05, 0) is 30.3 Å². The Bertz CT molecular complexity index is 865. The topological polar surface area (TPSA) is 89.1 Å². The molecule has 0 unspecified atom stereocenters. The third kappa shape index (κ3) is 5.39. The molecule has 0 radical (unpaired) electrons. The van der Waals surface area contributed by atoms with Crippen molar-refractivity contribution in [3.8, 4) is 11.5 Å². The molecule has 2 aromatic carbocycles. The molecule has 8 nitrogen and oxygen atoms in total. The van der Waals surface area contributed by atoms with Crippen LogP contribution >= 0.6 is 0 Å². The Balaban J connectivity index is 1.60. The standard InChI is InChI=1S/C21H25N3O5/c1-27-17-6-7-19(28-2)18(13-17)22-14-20(25)23-16-5-3-4-15(12-16)21(26)24-8-10-29-11-9-24/h3-7,12-13,22H,8-11,14H2,1-2H3,(H,23,25). The molecule has 29 heavy (non-hydrogen) atoms. The van der Waals surface area contributed by atoms with Gasteiger partial charge in [-0.25, -0.2) is 0 Å². The molecule has 0 spiro atoms. The Morgan fingerprint density at radius 2 is 1.86 bits per heavy atom. The number of nitrogens with one attached hydrogen (secondary N) is 2. The molecule has 154 valence electrons. The van der Waals surface area contributed by atoms with E-state index in [1.807, 2.05) is 0 Å². The monoisotopic (exact) mass is 399 g/mol. The van der Waals surface area contributed by atoms with Crippen molar-refractivity contribution in [1.29, 1.82) is 0 Å². The Kier molecular flexibility index (Phi) is 6.91. The largest absolute Gasteiger partial charge is 0.497 e. The van der Waals surface area contributed by atoms with E-state index in [1.165, 1.54) is 0 Å². The first-order valence-corrected chi connectivity index (χ1v) is 9.33. The number of carbonyl (C=O) groups is 2. The van der Waals surface area contributed by atoms with Crippen LogP contribution in [0.1, 0.15) is 10.4 Å². The van der Waals surface area contributed by atoms with Gasteiger partial charge in [-0.3, -0.25) is 9.59 Å². The molecule has 0 saturated carbocycles. The fourth-order valence-electron chi connectivity index (χ4n) is 3.01. The SMILES string of the molecule is COc1ccc(OC)c(NCC(=O)Nc2cccc(C(=O)N3CCOCC3)c2)c1. The van der Waals surface area contributed by atoms with Gasteiger partial charge < -0.3 is 29.7 Å². The molecule has 0 atom stereocenters. The highest BCUT2D eigenvalue weighted by Gasteiger charge is 2.18. The van der Waals surface area contributed by atoms with Crippen molar-refractivity contribution in [2.45, 2.75) is 0 Å². The number of methoxy groups -OCH3 is 2. The number of morpholine rings is 1. The molecule has 8 heteroatoms. The summed E-state index contributed by atoms with van der Waals surface area (Å²) < 4.78 is 15.8. The van der Waals surface area contributed by atoms with E-state index in [4.69, 9.17) is 14.2 Å². The van der Waals surface area contributed by atoms with Crippen LogP contribution in [0.4, 0.5) is 11.4 Å². The molecule has 1 aliphatic rings. The number of benzene rings is 2. The van der Waals surface area contributed by atoms with Crippen molar-refractivity contribution in [3.63, 3.8) is 0 Å². The lowest BCUT2D eigenvalue weighted by atomic mass is 10.1. The summed E-state index contributed by atoms with van der Waals surface area (Å²) in [4.78, 5) is 26.7. The summed E-state index contributed by atoms with van der Waals surface area (Å²) >= 11 is 0. The van der Waals surface area contributed by atoms with Gasteiger partial charge in [0.15, 0.2) is 0 Å². The second-order valence-electron chi connectivity index (χ2n) is 6.45. The van der Waals surface area contributed by atoms with Crippen LogP contribution in [0.25, 0.3) is 0 Å². The zero-order valence-electron chi connectivity index (χ0n) is 16.6. The van der Waals surface area contributed by atoms with Gasteiger partial charge in [0.1, 0.15) is 11.5 Å². The quantitative estimate of drug-likeness (QED) is 0.742. The predicted molar refractivity (Wildman–Crippen MR) is 110 cm³/mol. The van der Waals surface area contributed by atoms with Gasteiger partial charge in [0.2, 0.25) is 5.91 Å². The van der Waals surface area contributed by atoms with Crippen molar-refractivity contribution in [1.82, 2.24) is 4.90 Å². The van der Waals surface area contributed by atoms with Gasteiger partial charge in [-0.15, -0.1) is 0 Å². The molecule has 2 aromatic rings. The Morgan fingerprint density at radius 1 is 1.07 bits per heavy atom. The van der Waals surface area contributed by atoms with E-state index in [2.05, 4.69) is 10.6 Å². The molecular formula is C21H25N3O5. The second-order valence-corrected chi connectivity index (χ2v) is 6.45. The summed E-state index contributed by atoms with van der Waals surface area (Å²) in [6.45, 7) is 2.26. The van der Waals surface area contributed by atoms with E-state index < -0.39 is 0 Å². The Hall–Kier alpha value is -3.26. The van der Waals surface area contributed by atoms with Crippen molar-refractivity contribution < 1.29 is 23.8 Å². The van der Waals surface area contributed by atoms with Gasteiger partial charge in [-0.1, -0.05) is 6.07 Å². The first kappa shape index (κ1) is 20.5. The third-order valence-corrected chi connectivity index (χ3v) is 4.54. The van der Waals surface area contributed by atoms with E-state index in [9.17, 15) is 9.59 Å². The highest BCUT2D eigenvalue weighted by atomic mass is 16.5. The molecular weight excluding hydrogens is 374 g/mol. The second kappa shape index (κ2) is 9.79.